The first kappa shape index (κ1) is 23.1. The molecule has 1 atom stereocenters. The van der Waals surface area contributed by atoms with Crippen molar-refractivity contribution in [1.29, 1.82) is 0 Å². The van der Waals surface area contributed by atoms with Crippen LogP contribution >= 0.6 is 0 Å². The fraction of sp³-hybridized carbons (Fsp3) is 0.682. The number of hydrogen-bond donors (Lipinski definition) is 2. The summed E-state index contributed by atoms with van der Waals surface area (Å²) in [5, 5.41) is 3.09. The molecule has 0 aliphatic carbocycles. The normalized spacial score (nSPS) is 16.7. The monoisotopic (exact) mass is 405 g/mol. The zero-order valence-corrected chi connectivity index (χ0v) is 18.6. The first-order chi connectivity index (χ1) is 13.6. The quantitative estimate of drug-likeness (QED) is 0.513. The topological polar surface area (TPSA) is 91.5 Å². The predicted octanol–water partition coefficient (Wildman–Crippen LogP) is 2.86. The predicted molar refractivity (Wildman–Crippen MR) is 112 cm³/mol. The van der Waals surface area contributed by atoms with E-state index in [2.05, 4.69) is 29.0 Å². The molecule has 2 N–H and O–H groups in total. The number of carbonyl (C=O) groups excluding carboxylic acids is 3. The molecule has 1 aromatic rings. The van der Waals surface area contributed by atoms with E-state index in [1.165, 1.54) is 0 Å². The average Bonchev–Trinajstić information content (AvgIpc) is 2.96. The average molecular weight is 406 g/mol. The maximum Gasteiger partial charge on any atom is 0.340 e. The molecule has 7 heteroatoms. The molecule has 1 unspecified atom stereocenters. The van der Waals surface area contributed by atoms with Crippen molar-refractivity contribution in [1.82, 2.24) is 15.2 Å². The summed E-state index contributed by atoms with van der Waals surface area (Å²) in [7, 11) is 0. The third kappa shape index (κ3) is 5.69. The lowest BCUT2D eigenvalue weighted by Crippen LogP contribution is -2.45. The van der Waals surface area contributed by atoms with Gasteiger partial charge in [-0.3, -0.25) is 14.5 Å². The first-order valence-corrected chi connectivity index (χ1v) is 10.6. The van der Waals surface area contributed by atoms with Gasteiger partial charge in [0.05, 0.1) is 24.4 Å². The van der Waals surface area contributed by atoms with Crippen LogP contribution in [0.5, 0.6) is 0 Å². The summed E-state index contributed by atoms with van der Waals surface area (Å²) in [4.78, 5) is 42.5. The molecule has 162 valence electrons. The van der Waals surface area contributed by atoms with Crippen molar-refractivity contribution in [2.75, 3.05) is 26.2 Å². The lowest BCUT2D eigenvalue weighted by molar-refractivity contribution is -0.127. The number of H-pyrrole nitrogens is 1. The number of aryl methyl sites for hydroxylation is 1. The summed E-state index contributed by atoms with van der Waals surface area (Å²) < 4.78 is 5.09. The van der Waals surface area contributed by atoms with Gasteiger partial charge in [0.25, 0.3) is 0 Å². The fourth-order valence-corrected chi connectivity index (χ4v) is 3.68. The SMILES string of the molecule is CCOC(=O)c1c(C)[nH]c(C(=O)CN2CCC(C(=O)NC(C)C(C)C)CC2)c1C. The van der Waals surface area contributed by atoms with Gasteiger partial charge in [0, 0.05) is 17.7 Å². The number of piperidine rings is 1. The molecule has 1 aliphatic rings. The van der Waals surface area contributed by atoms with E-state index in [4.69, 9.17) is 4.74 Å². The molecule has 7 nitrogen and oxygen atoms in total. The van der Waals surface area contributed by atoms with Crippen molar-refractivity contribution in [2.45, 2.75) is 60.4 Å². The van der Waals surface area contributed by atoms with Gasteiger partial charge in [-0.1, -0.05) is 13.8 Å². The second-order valence-corrected chi connectivity index (χ2v) is 8.36. The Balaban J connectivity index is 1.93. The van der Waals surface area contributed by atoms with Crippen LogP contribution in [-0.4, -0.2) is 59.8 Å². The highest BCUT2D eigenvalue weighted by Crippen LogP contribution is 2.22. The highest BCUT2D eigenvalue weighted by molar-refractivity contribution is 6.02. The molecule has 1 amide bonds. The van der Waals surface area contributed by atoms with E-state index >= 15 is 0 Å². The number of hydrogen-bond acceptors (Lipinski definition) is 5. The van der Waals surface area contributed by atoms with Crippen LogP contribution in [0.1, 0.15) is 72.6 Å². The van der Waals surface area contributed by atoms with E-state index in [0.29, 0.717) is 48.1 Å². The summed E-state index contributed by atoms with van der Waals surface area (Å²) in [5.74, 6) is 0.0842. The molecule has 29 heavy (non-hydrogen) atoms. The molecular formula is C22H35N3O4. The molecule has 1 saturated heterocycles. The summed E-state index contributed by atoms with van der Waals surface area (Å²) in [6, 6.07) is 0.162. The Morgan fingerprint density at radius 3 is 2.34 bits per heavy atom. The van der Waals surface area contributed by atoms with Crippen LogP contribution in [0.2, 0.25) is 0 Å². The molecule has 0 bridgehead atoms. The van der Waals surface area contributed by atoms with Crippen LogP contribution < -0.4 is 5.32 Å². The van der Waals surface area contributed by atoms with Gasteiger partial charge in [-0.2, -0.15) is 0 Å². The number of aromatic nitrogens is 1. The van der Waals surface area contributed by atoms with Crippen LogP contribution in [0.3, 0.4) is 0 Å². The van der Waals surface area contributed by atoms with Gasteiger partial charge < -0.3 is 15.0 Å². The standard InChI is InChI=1S/C22H35N3O4/c1-7-29-22(28)19-14(4)20(23-16(19)6)18(26)12-25-10-8-17(9-11-25)21(27)24-15(5)13(2)3/h13,15,17,23H,7-12H2,1-6H3,(H,24,27). The third-order valence-corrected chi connectivity index (χ3v) is 5.89. The molecule has 2 heterocycles. The molecule has 0 saturated carbocycles. The van der Waals surface area contributed by atoms with E-state index in [0.717, 1.165) is 12.8 Å². The summed E-state index contributed by atoms with van der Waals surface area (Å²) in [6.07, 6.45) is 1.50. The Kier molecular flexibility index (Phi) is 8.02. The molecule has 1 fully saturated rings. The Morgan fingerprint density at radius 1 is 1.17 bits per heavy atom. The highest BCUT2D eigenvalue weighted by Gasteiger charge is 2.29. The van der Waals surface area contributed by atoms with E-state index in [-0.39, 0.29) is 30.2 Å². The molecule has 0 radical (unpaired) electrons. The molecule has 0 spiro atoms. The largest absolute Gasteiger partial charge is 0.462 e. The van der Waals surface area contributed by atoms with Crippen LogP contribution in [-0.2, 0) is 9.53 Å². The first-order valence-electron chi connectivity index (χ1n) is 10.6. The zero-order chi connectivity index (χ0) is 21.7. The number of nitrogens with one attached hydrogen (secondary N) is 2. The van der Waals surface area contributed by atoms with Crippen molar-refractivity contribution in [2.24, 2.45) is 11.8 Å². The molecule has 1 aromatic heterocycles. The number of nitrogens with zero attached hydrogens (tertiary/aromatic N) is 1. The van der Waals surface area contributed by atoms with Crippen LogP contribution in [0.25, 0.3) is 0 Å². The molecule has 0 aromatic carbocycles. The van der Waals surface area contributed by atoms with Crippen molar-refractivity contribution in [3.05, 3.63) is 22.5 Å². The van der Waals surface area contributed by atoms with Gasteiger partial charge in [0.15, 0.2) is 5.78 Å². The smallest absolute Gasteiger partial charge is 0.340 e. The van der Waals surface area contributed by atoms with Crippen molar-refractivity contribution in [3.8, 4) is 0 Å². The minimum Gasteiger partial charge on any atom is -0.462 e. The summed E-state index contributed by atoms with van der Waals surface area (Å²) in [6.45, 7) is 13.5. The number of carbonyl (C=O) groups is 3. The van der Waals surface area contributed by atoms with Crippen molar-refractivity contribution < 1.29 is 19.1 Å². The lowest BCUT2D eigenvalue weighted by Gasteiger charge is -2.31. The minimum absolute atomic E-state index is 0.00689. The van der Waals surface area contributed by atoms with E-state index in [1.54, 1.807) is 20.8 Å². The Hall–Kier alpha value is -2.15. The summed E-state index contributed by atoms with van der Waals surface area (Å²) in [5.41, 5.74) is 2.21. The van der Waals surface area contributed by atoms with Gasteiger partial charge in [-0.25, -0.2) is 4.79 Å². The van der Waals surface area contributed by atoms with Crippen LogP contribution in [0.4, 0.5) is 0 Å². The van der Waals surface area contributed by atoms with E-state index in [1.807, 2.05) is 6.92 Å². The lowest BCUT2D eigenvalue weighted by atomic mass is 9.94. The second-order valence-electron chi connectivity index (χ2n) is 8.36. The van der Waals surface area contributed by atoms with Crippen LogP contribution in [0.15, 0.2) is 0 Å². The van der Waals surface area contributed by atoms with Crippen molar-refractivity contribution in [3.63, 3.8) is 0 Å². The number of esters is 1. The van der Waals surface area contributed by atoms with Gasteiger partial charge >= 0.3 is 5.97 Å². The number of amides is 1. The van der Waals surface area contributed by atoms with E-state index in [9.17, 15) is 14.4 Å². The Morgan fingerprint density at radius 2 is 1.79 bits per heavy atom. The number of rotatable bonds is 8. The Bertz CT molecular complexity index is 745. The van der Waals surface area contributed by atoms with Gasteiger partial charge in [0.1, 0.15) is 0 Å². The number of ether oxygens (including phenoxy) is 1. The van der Waals surface area contributed by atoms with Crippen LogP contribution in [0, 0.1) is 25.7 Å². The second kappa shape index (κ2) is 10.1. The van der Waals surface area contributed by atoms with Gasteiger partial charge in [-0.05, 0) is 65.1 Å². The van der Waals surface area contributed by atoms with Gasteiger partial charge in [0.2, 0.25) is 5.91 Å². The number of Topliss-reactive ketones (excluding diaryl/α,β-unsaturated/α-hetero) is 1. The van der Waals surface area contributed by atoms with Crippen molar-refractivity contribution >= 4 is 17.7 Å². The molecule has 1 aliphatic heterocycles. The molecular weight excluding hydrogens is 370 g/mol. The zero-order valence-electron chi connectivity index (χ0n) is 18.6. The fourth-order valence-electron chi connectivity index (χ4n) is 3.68. The minimum atomic E-state index is -0.403. The summed E-state index contributed by atoms with van der Waals surface area (Å²) >= 11 is 0. The number of ketones is 1. The van der Waals surface area contributed by atoms with Gasteiger partial charge in [-0.15, -0.1) is 0 Å². The highest BCUT2D eigenvalue weighted by atomic mass is 16.5. The Labute approximate surface area is 173 Å². The molecule has 2 rings (SSSR count). The number of likely N-dealkylation sites (tertiary alicyclic amines) is 1. The number of aromatic amines is 1. The maximum absolute atomic E-state index is 12.8. The maximum atomic E-state index is 12.8. The van der Waals surface area contributed by atoms with E-state index < -0.39 is 5.97 Å². The third-order valence-electron chi connectivity index (χ3n) is 5.89.